The molecule has 90 valence electrons. The molecule has 16 heavy (non-hydrogen) atoms. The third-order valence-electron chi connectivity index (χ3n) is 2.91. The first-order valence-corrected chi connectivity index (χ1v) is 6.48. The molecule has 0 bridgehead atoms. The van der Waals surface area contributed by atoms with E-state index in [9.17, 15) is 0 Å². The van der Waals surface area contributed by atoms with Crippen molar-refractivity contribution in [3.63, 3.8) is 0 Å². The standard InChI is InChI=1S/C15H25N/c1-13(2)12-15(16)11-7-6-10-14-8-4-3-5-9-14/h3-5,8-9,13,15H,6-7,10-12,16H2,1-2H3. The van der Waals surface area contributed by atoms with Gasteiger partial charge in [0.25, 0.3) is 0 Å². The lowest BCUT2D eigenvalue weighted by atomic mass is 9.98. The Hall–Kier alpha value is -0.820. The molecule has 1 aromatic carbocycles. The van der Waals surface area contributed by atoms with Crippen LogP contribution < -0.4 is 5.73 Å². The molecule has 0 spiro atoms. The number of nitrogens with two attached hydrogens (primary N) is 1. The summed E-state index contributed by atoms with van der Waals surface area (Å²) in [6.45, 7) is 4.48. The van der Waals surface area contributed by atoms with E-state index in [4.69, 9.17) is 5.73 Å². The van der Waals surface area contributed by atoms with Crippen LogP contribution in [-0.4, -0.2) is 6.04 Å². The highest BCUT2D eigenvalue weighted by atomic mass is 14.6. The number of benzene rings is 1. The monoisotopic (exact) mass is 219 g/mol. The van der Waals surface area contributed by atoms with Crippen molar-refractivity contribution < 1.29 is 0 Å². The van der Waals surface area contributed by atoms with Crippen molar-refractivity contribution in [1.82, 2.24) is 0 Å². The Bertz CT molecular complexity index is 266. The van der Waals surface area contributed by atoms with Crippen molar-refractivity contribution >= 4 is 0 Å². The first-order chi connectivity index (χ1) is 7.68. The number of hydrogen-bond donors (Lipinski definition) is 1. The van der Waals surface area contributed by atoms with Crippen LogP contribution in [0.1, 0.15) is 45.1 Å². The largest absolute Gasteiger partial charge is 0.328 e. The molecule has 1 atom stereocenters. The second kappa shape index (κ2) is 7.45. The van der Waals surface area contributed by atoms with Gasteiger partial charge in [-0.25, -0.2) is 0 Å². The van der Waals surface area contributed by atoms with E-state index in [1.165, 1.54) is 31.2 Å². The van der Waals surface area contributed by atoms with Gasteiger partial charge in [0.15, 0.2) is 0 Å². The zero-order chi connectivity index (χ0) is 11.8. The highest BCUT2D eigenvalue weighted by Gasteiger charge is 2.04. The minimum atomic E-state index is 0.399. The van der Waals surface area contributed by atoms with E-state index >= 15 is 0 Å². The van der Waals surface area contributed by atoms with Gasteiger partial charge in [-0.1, -0.05) is 50.6 Å². The molecule has 0 amide bonds. The van der Waals surface area contributed by atoms with Gasteiger partial charge in [0, 0.05) is 6.04 Å². The summed E-state index contributed by atoms with van der Waals surface area (Å²) in [6.07, 6.45) is 6.03. The average Bonchev–Trinajstić information content (AvgIpc) is 2.25. The Labute approximate surface area is 100 Å². The van der Waals surface area contributed by atoms with Gasteiger partial charge in [0.1, 0.15) is 0 Å². The third-order valence-corrected chi connectivity index (χ3v) is 2.91. The second-order valence-corrected chi connectivity index (χ2v) is 5.12. The predicted octanol–water partition coefficient (Wildman–Crippen LogP) is 3.77. The van der Waals surface area contributed by atoms with Gasteiger partial charge in [-0.2, -0.15) is 0 Å². The third kappa shape index (κ3) is 5.92. The van der Waals surface area contributed by atoms with Crippen LogP contribution in [0, 0.1) is 5.92 Å². The molecule has 1 nitrogen and oxygen atoms in total. The van der Waals surface area contributed by atoms with Crippen LogP contribution in [0.5, 0.6) is 0 Å². The molecule has 0 aliphatic rings. The zero-order valence-electron chi connectivity index (χ0n) is 10.7. The fraction of sp³-hybridized carbons (Fsp3) is 0.600. The van der Waals surface area contributed by atoms with Gasteiger partial charge < -0.3 is 5.73 Å². The summed E-state index contributed by atoms with van der Waals surface area (Å²) in [5, 5.41) is 0. The van der Waals surface area contributed by atoms with Gasteiger partial charge in [-0.05, 0) is 37.2 Å². The molecule has 2 N–H and O–H groups in total. The van der Waals surface area contributed by atoms with E-state index in [-0.39, 0.29) is 0 Å². The lowest BCUT2D eigenvalue weighted by molar-refractivity contribution is 0.457. The van der Waals surface area contributed by atoms with Gasteiger partial charge in [0.2, 0.25) is 0 Å². The topological polar surface area (TPSA) is 26.0 Å². The number of rotatable bonds is 7. The first-order valence-electron chi connectivity index (χ1n) is 6.48. The summed E-state index contributed by atoms with van der Waals surface area (Å²) >= 11 is 0. The Morgan fingerprint density at radius 2 is 1.75 bits per heavy atom. The number of unbranched alkanes of at least 4 members (excludes halogenated alkanes) is 1. The van der Waals surface area contributed by atoms with Crippen molar-refractivity contribution in [2.24, 2.45) is 11.7 Å². The number of hydrogen-bond acceptors (Lipinski definition) is 1. The molecular weight excluding hydrogens is 194 g/mol. The maximum absolute atomic E-state index is 6.05. The lowest BCUT2D eigenvalue weighted by Crippen LogP contribution is -2.21. The minimum Gasteiger partial charge on any atom is -0.328 e. The summed E-state index contributed by atoms with van der Waals surface area (Å²) in [5.74, 6) is 0.726. The van der Waals surface area contributed by atoms with Gasteiger partial charge >= 0.3 is 0 Å². The molecule has 1 heteroatoms. The molecule has 1 aromatic rings. The van der Waals surface area contributed by atoms with E-state index in [1.54, 1.807) is 0 Å². The number of aryl methyl sites for hydroxylation is 1. The fourth-order valence-corrected chi connectivity index (χ4v) is 2.10. The summed E-state index contributed by atoms with van der Waals surface area (Å²) in [6, 6.07) is 11.1. The molecule has 0 aliphatic heterocycles. The normalized spacial score (nSPS) is 13.0. The van der Waals surface area contributed by atoms with Crippen LogP contribution in [-0.2, 0) is 6.42 Å². The van der Waals surface area contributed by atoms with Crippen LogP contribution in [0.15, 0.2) is 30.3 Å². The summed E-state index contributed by atoms with van der Waals surface area (Å²) in [4.78, 5) is 0. The van der Waals surface area contributed by atoms with Gasteiger partial charge in [0.05, 0.1) is 0 Å². The van der Waals surface area contributed by atoms with Crippen molar-refractivity contribution in [3.8, 4) is 0 Å². The SMILES string of the molecule is CC(C)CC(N)CCCCc1ccccc1. The summed E-state index contributed by atoms with van der Waals surface area (Å²) in [5.41, 5.74) is 7.50. The predicted molar refractivity (Wildman–Crippen MR) is 71.4 cm³/mol. The smallest absolute Gasteiger partial charge is 0.00412 e. The van der Waals surface area contributed by atoms with Crippen molar-refractivity contribution in [2.75, 3.05) is 0 Å². The molecule has 0 fully saturated rings. The molecule has 0 radical (unpaired) electrons. The van der Waals surface area contributed by atoms with Crippen LogP contribution >= 0.6 is 0 Å². The molecule has 0 saturated heterocycles. The van der Waals surface area contributed by atoms with Crippen molar-refractivity contribution in [2.45, 2.75) is 52.0 Å². The van der Waals surface area contributed by atoms with Gasteiger partial charge in [-0.15, -0.1) is 0 Å². The Kier molecular flexibility index (Phi) is 6.17. The van der Waals surface area contributed by atoms with E-state index in [1.807, 2.05) is 0 Å². The maximum atomic E-state index is 6.05. The average molecular weight is 219 g/mol. The Balaban J connectivity index is 2.08. The molecule has 0 saturated carbocycles. The van der Waals surface area contributed by atoms with Crippen LogP contribution in [0.4, 0.5) is 0 Å². The molecular formula is C15H25N. The van der Waals surface area contributed by atoms with Gasteiger partial charge in [-0.3, -0.25) is 0 Å². The van der Waals surface area contributed by atoms with Crippen molar-refractivity contribution in [1.29, 1.82) is 0 Å². The van der Waals surface area contributed by atoms with Crippen LogP contribution in [0.3, 0.4) is 0 Å². The Morgan fingerprint density at radius 3 is 2.38 bits per heavy atom. The van der Waals surface area contributed by atoms with E-state index in [0.29, 0.717) is 6.04 Å². The fourth-order valence-electron chi connectivity index (χ4n) is 2.10. The van der Waals surface area contributed by atoms with E-state index in [2.05, 4.69) is 44.2 Å². The second-order valence-electron chi connectivity index (χ2n) is 5.12. The molecule has 0 aromatic heterocycles. The molecule has 1 unspecified atom stereocenters. The molecule has 0 heterocycles. The lowest BCUT2D eigenvalue weighted by Gasteiger charge is -2.13. The van der Waals surface area contributed by atoms with E-state index in [0.717, 1.165) is 12.3 Å². The van der Waals surface area contributed by atoms with E-state index < -0.39 is 0 Å². The quantitative estimate of drug-likeness (QED) is 0.694. The molecule has 1 rings (SSSR count). The molecule has 0 aliphatic carbocycles. The minimum absolute atomic E-state index is 0.399. The first kappa shape index (κ1) is 13.2. The zero-order valence-corrected chi connectivity index (χ0v) is 10.7. The van der Waals surface area contributed by atoms with Crippen LogP contribution in [0.2, 0.25) is 0 Å². The highest BCUT2D eigenvalue weighted by molar-refractivity contribution is 5.14. The summed E-state index contributed by atoms with van der Waals surface area (Å²) in [7, 11) is 0. The summed E-state index contributed by atoms with van der Waals surface area (Å²) < 4.78 is 0. The van der Waals surface area contributed by atoms with Crippen molar-refractivity contribution in [3.05, 3.63) is 35.9 Å². The Morgan fingerprint density at radius 1 is 1.06 bits per heavy atom. The maximum Gasteiger partial charge on any atom is 0.00412 e. The van der Waals surface area contributed by atoms with Crippen LogP contribution in [0.25, 0.3) is 0 Å². The highest BCUT2D eigenvalue weighted by Crippen LogP contribution is 2.11.